The monoisotopic (exact) mass is 297 g/mol. The van der Waals surface area contributed by atoms with Gasteiger partial charge in [0.15, 0.2) is 0 Å². The van der Waals surface area contributed by atoms with Crippen molar-refractivity contribution in [1.82, 2.24) is 4.31 Å². The Morgan fingerprint density at radius 1 is 1.25 bits per heavy atom. The summed E-state index contributed by atoms with van der Waals surface area (Å²) in [5, 5.41) is 9.31. The lowest BCUT2D eigenvalue weighted by Crippen LogP contribution is -2.47. The molecule has 1 aliphatic rings. The average Bonchev–Trinajstić information content (AvgIpc) is 2.38. The van der Waals surface area contributed by atoms with Crippen molar-refractivity contribution < 1.29 is 13.5 Å². The fourth-order valence-electron chi connectivity index (χ4n) is 2.97. The standard InChI is InChI=1S/C15H23NO3S/c1-11-7-8-15(9-14(11)10-17)20(18,19)16-12(2)5-4-6-13(16)3/h7-9,12-13,17H,4-6,10H2,1-3H3. The fourth-order valence-corrected chi connectivity index (χ4v) is 4.90. The van der Waals surface area contributed by atoms with E-state index in [2.05, 4.69) is 0 Å². The van der Waals surface area contributed by atoms with Crippen molar-refractivity contribution in [3.05, 3.63) is 29.3 Å². The normalized spacial score (nSPS) is 24.8. The molecule has 1 aromatic carbocycles. The smallest absolute Gasteiger partial charge is 0.243 e. The molecule has 0 radical (unpaired) electrons. The summed E-state index contributed by atoms with van der Waals surface area (Å²) in [5.74, 6) is 0. The van der Waals surface area contributed by atoms with Crippen LogP contribution in [0.2, 0.25) is 0 Å². The van der Waals surface area contributed by atoms with E-state index < -0.39 is 10.0 Å². The van der Waals surface area contributed by atoms with E-state index in [0.717, 1.165) is 24.8 Å². The molecule has 1 N–H and O–H groups in total. The molecule has 2 atom stereocenters. The van der Waals surface area contributed by atoms with Crippen molar-refractivity contribution >= 4 is 10.0 Å². The molecule has 2 rings (SSSR count). The third kappa shape index (κ3) is 2.75. The highest BCUT2D eigenvalue weighted by Crippen LogP contribution is 2.30. The number of benzene rings is 1. The number of hydrogen-bond donors (Lipinski definition) is 1. The van der Waals surface area contributed by atoms with E-state index in [9.17, 15) is 13.5 Å². The minimum absolute atomic E-state index is 0.0302. The first-order valence-corrected chi connectivity index (χ1v) is 8.56. The molecule has 0 bridgehead atoms. The van der Waals surface area contributed by atoms with Gasteiger partial charge in [0.1, 0.15) is 0 Å². The fraction of sp³-hybridized carbons (Fsp3) is 0.600. The Kier molecular flexibility index (Phi) is 4.52. The molecule has 1 saturated heterocycles. The zero-order valence-electron chi connectivity index (χ0n) is 12.3. The van der Waals surface area contributed by atoms with Crippen molar-refractivity contribution in [2.45, 2.75) is 63.6 Å². The summed E-state index contributed by atoms with van der Waals surface area (Å²) in [6.45, 7) is 5.66. The third-order valence-electron chi connectivity index (χ3n) is 4.18. The van der Waals surface area contributed by atoms with Gasteiger partial charge >= 0.3 is 0 Å². The van der Waals surface area contributed by atoms with Gasteiger partial charge in [-0.15, -0.1) is 0 Å². The van der Waals surface area contributed by atoms with Crippen molar-refractivity contribution in [1.29, 1.82) is 0 Å². The van der Waals surface area contributed by atoms with Gasteiger partial charge in [0.05, 0.1) is 11.5 Å². The average molecular weight is 297 g/mol. The summed E-state index contributed by atoms with van der Waals surface area (Å²) in [6.07, 6.45) is 2.88. The van der Waals surface area contributed by atoms with Crippen molar-refractivity contribution in [3.63, 3.8) is 0 Å². The minimum atomic E-state index is -3.49. The van der Waals surface area contributed by atoms with Gasteiger partial charge in [0.2, 0.25) is 10.0 Å². The molecule has 2 unspecified atom stereocenters. The van der Waals surface area contributed by atoms with Crippen molar-refractivity contribution in [3.8, 4) is 0 Å². The Balaban J connectivity index is 2.43. The molecule has 1 heterocycles. The molecule has 4 nitrogen and oxygen atoms in total. The summed E-state index contributed by atoms with van der Waals surface area (Å²) in [4.78, 5) is 0.285. The van der Waals surface area contributed by atoms with E-state index in [1.54, 1.807) is 22.5 Å². The lowest BCUT2D eigenvalue weighted by atomic mass is 10.0. The third-order valence-corrected chi connectivity index (χ3v) is 6.30. The van der Waals surface area contributed by atoms with E-state index in [1.165, 1.54) is 0 Å². The molecule has 0 saturated carbocycles. The Morgan fingerprint density at radius 3 is 2.40 bits per heavy atom. The highest BCUT2D eigenvalue weighted by Gasteiger charge is 2.35. The molecule has 112 valence electrons. The Morgan fingerprint density at radius 2 is 1.85 bits per heavy atom. The predicted molar refractivity (Wildman–Crippen MR) is 78.9 cm³/mol. The Labute approximate surface area is 121 Å². The highest BCUT2D eigenvalue weighted by atomic mass is 32.2. The van der Waals surface area contributed by atoms with Crippen molar-refractivity contribution in [2.75, 3.05) is 0 Å². The van der Waals surface area contributed by atoms with Gasteiger partial charge in [0, 0.05) is 12.1 Å². The van der Waals surface area contributed by atoms with E-state index >= 15 is 0 Å². The lowest BCUT2D eigenvalue weighted by molar-refractivity contribution is 0.204. The minimum Gasteiger partial charge on any atom is -0.392 e. The molecule has 0 aromatic heterocycles. The maximum absolute atomic E-state index is 12.8. The number of aryl methyl sites for hydroxylation is 1. The van der Waals surface area contributed by atoms with Crippen LogP contribution in [-0.4, -0.2) is 29.9 Å². The van der Waals surface area contributed by atoms with Crippen LogP contribution in [0, 0.1) is 6.92 Å². The number of sulfonamides is 1. The molecule has 1 aliphatic heterocycles. The number of rotatable bonds is 3. The maximum Gasteiger partial charge on any atom is 0.243 e. The van der Waals surface area contributed by atoms with Crippen LogP contribution >= 0.6 is 0 Å². The van der Waals surface area contributed by atoms with E-state index in [4.69, 9.17) is 0 Å². The van der Waals surface area contributed by atoms with Crippen LogP contribution in [0.4, 0.5) is 0 Å². The van der Waals surface area contributed by atoms with Crippen LogP contribution in [0.15, 0.2) is 23.1 Å². The molecule has 1 fully saturated rings. The highest BCUT2D eigenvalue weighted by molar-refractivity contribution is 7.89. The Hall–Kier alpha value is -0.910. The number of nitrogens with zero attached hydrogens (tertiary/aromatic N) is 1. The molecule has 0 spiro atoms. The summed E-state index contributed by atoms with van der Waals surface area (Å²) in [6, 6.07) is 5.05. The van der Waals surface area contributed by atoms with Crippen LogP contribution in [-0.2, 0) is 16.6 Å². The maximum atomic E-state index is 12.8. The van der Waals surface area contributed by atoms with E-state index in [1.807, 2.05) is 20.8 Å². The van der Waals surface area contributed by atoms with Crippen LogP contribution in [0.3, 0.4) is 0 Å². The molecule has 5 heteroatoms. The molecule has 1 aromatic rings. The summed E-state index contributed by atoms with van der Waals surface area (Å²) in [5.41, 5.74) is 1.58. The van der Waals surface area contributed by atoms with Gasteiger partial charge in [-0.1, -0.05) is 12.5 Å². The van der Waals surface area contributed by atoms with Gasteiger partial charge in [-0.3, -0.25) is 0 Å². The summed E-state index contributed by atoms with van der Waals surface area (Å²) >= 11 is 0. The number of piperidine rings is 1. The number of aliphatic hydroxyl groups is 1. The first-order chi connectivity index (χ1) is 9.37. The zero-order valence-corrected chi connectivity index (χ0v) is 13.2. The topological polar surface area (TPSA) is 57.6 Å². The van der Waals surface area contributed by atoms with Crippen LogP contribution in [0.25, 0.3) is 0 Å². The number of aliphatic hydroxyl groups excluding tert-OH is 1. The second-order valence-corrected chi connectivity index (χ2v) is 7.55. The van der Waals surface area contributed by atoms with Crippen LogP contribution in [0.1, 0.15) is 44.2 Å². The van der Waals surface area contributed by atoms with E-state index in [-0.39, 0.29) is 23.6 Å². The van der Waals surface area contributed by atoms with Crippen LogP contribution in [0.5, 0.6) is 0 Å². The quantitative estimate of drug-likeness (QED) is 0.932. The molecule has 20 heavy (non-hydrogen) atoms. The molecular weight excluding hydrogens is 274 g/mol. The van der Waals surface area contributed by atoms with Gasteiger partial charge in [-0.25, -0.2) is 8.42 Å². The summed E-state index contributed by atoms with van der Waals surface area (Å²) < 4.78 is 27.3. The van der Waals surface area contributed by atoms with Gasteiger partial charge in [-0.05, 0) is 56.9 Å². The first-order valence-electron chi connectivity index (χ1n) is 7.12. The van der Waals surface area contributed by atoms with Gasteiger partial charge < -0.3 is 5.11 Å². The van der Waals surface area contributed by atoms with Crippen molar-refractivity contribution in [2.24, 2.45) is 0 Å². The first kappa shape index (κ1) is 15.5. The lowest BCUT2D eigenvalue weighted by Gasteiger charge is -2.37. The molecular formula is C15H23NO3S. The zero-order chi connectivity index (χ0) is 14.9. The molecule has 0 amide bonds. The second-order valence-electron chi connectivity index (χ2n) is 5.71. The van der Waals surface area contributed by atoms with Gasteiger partial charge in [-0.2, -0.15) is 4.31 Å². The largest absolute Gasteiger partial charge is 0.392 e. The van der Waals surface area contributed by atoms with Gasteiger partial charge in [0.25, 0.3) is 0 Å². The van der Waals surface area contributed by atoms with Crippen LogP contribution < -0.4 is 0 Å². The van der Waals surface area contributed by atoms with E-state index in [0.29, 0.717) is 5.56 Å². The number of hydrogen-bond acceptors (Lipinski definition) is 3. The SMILES string of the molecule is Cc1ccc(S(=O)(=O)N2C(C)CCCC2C)cc1CO. The Bertz CT molecular complexity index is 573. The molecule has 0 aliphatic carbocycles. The second kappa shape index (κ2) is 5.84. The predicted octanol–water partition coefficient (Wildman–Crippen LogP) is 2.44. The summed E-state index contributed by atoms with van der Waals surface area (Å²) in [7, 11) is -3.49.